The molecule has 0 aromatic heterocycles. The van der Waals surface area contributed by atoms with E-state index in [1.54, 1.807) is 0 Å². The molecule has 2 nitrogen and oxygen atoms in total. The lowest BCUT2D eigenvalue weighted by Crippen LogP contribution is -2.39. The number of likely N-dealkylation sites (N-methyl/N-ethyl adjacent to an activating group) is 1. The van der Waals surface area contributed by atoms with Crippen LogP contribution in [0, 0.1) is 11.8 Å². The average molecular weight is 196 g/mol. The first-order valence-corrected chi connectivity index (χ1v) is 5.59. The fourth-order valence-electron chi connectivity index (χ4n) is 1.44. The van der Waals surface area contributed by atoms with Crippen LogP contribution in [-0.4, -0.2) is 37.1 Å². The van der Waals surface area contributed by atoms with Crippen molar-refractivity contribution >= 4 is 0 Å². The molecule has 1 N–H and O–H groups in total. The first-order valence-electron chi connectivity index (χ1n) is 5.59. The Balaban J connectivity index is 3.51. The van der Waals surface area contributed by atoms with Gasteiger partial charge < -0.3 is 10.2 Å². The number of nitrogens with zero attached hydrogens (tertiary/aromatic N) is 1. The number of nitrogens with one attached hydrogen (secondary N) is 1. The summed E-state index contributed by atoms with van der Waals surface area (Å²) in [6.45, 7) is 12.9. The van der Waals surface area contributed by atoms with Crippen LogP contribution in [0.15, 0.2) is 0 Å². The number of hydrogen-bond donors (Lipinski definition) is 1. The Hall–Kier alpha value is -0.520. The Labute approximate surface area is 89.1 Å². The molecule has 0 amide bonds. The van der Waals surface area contributed by atoms with Gasteiger partial charge in [-0.3, -0.25) is 0 Å². The van der Waals surface area contributed by atoms with E-state index in [0.717, 1.165) is 32.6 Å². The Morgan fingerprint density at radius 1 is 1.29 bits per heavy atom. The molecule has 0 heterocycles. The van der Waals surface area contributed by atoms with Crippen molar-refractivity contribution in [2.24, 2.45) is 0 Å². The molecule has 0 aliphatic rings. The van der Waals surface area contributed by atoms with Gasteiger partial charge in [0.15, 0.2) is 0 Å². The van der Waals surface area contributed by atoms with Gasteiger partial charge in [-0.25, -0.2) is 0 Å². The molecule has 0 saturated heterocycles. The highest BCUT2D eigenvalue weighted by Gasteiger charge is 2.04. The Kier molecular flexibility index (Phi) is 8.72. The quantitative estimate of drug-likeness (QED) is 0.493. The van der Waals surface area contributed by atoms with Crippen LogP contribution in [0.5, 0.6) is 0 Å². The highest BCUT2D eigenvalue weighted by molar-refractivity contribution is 4.95. The van der Waals surface area contributed by atoms with Crippen molar-refractivity contribution in [1.82, 2.24) is 10.2 Å². The van der Waals surface area contributed by atoms with E-state index >= 15 is 0 Å². The lowest BCUT2D eigenvalue weighted by molar-refractivity contribution is 0.272. The summed E-state index contributed by atoms with van der Waals surface area (Å²) in [5, 5.41) is 3.47. The third kappa shape index (κ3) is 6.94. The Morgan fingerprint density at radius 3 is 2.43 bits per heavy atom. The molecule has 14 heavy (non-hydrogen) atoms. The van der Waals surface area contributed by atoms with E-state index in [0.29, 0.717) is 6.04 Å². The lowest BCUT2D eigenvalue weighted by atomic mass is 10.3. The molecule has 1 unspecified atom stereocenters. The van der Waals surface area contributed by atoms with Crippen LogP contribution in [0.3, 0.4) is 0 Å². The minimum absolute atomic E-state index is 0.563. The third-order valence-corrected chi connectivity index (χ3v) is 2.35. The van der Waals surface area contributed by atoms with Gasteiger partial charge in [-0.2, -0.15) is 0 Å². The zero-order valence-corrected chi connectivity index (χ0v) is 10.1. The van der Waals surface area contributed by atoms with Gasteiger partial charge in [0, 0.05) is 25.6 Å². The van der Waals surface area contributed by atoms with Crippen LogP contribution >= 0.6 is 0 Å². The van der Waals surface area contributed by atoms with Crippen LogP contribution in [-0.2, 0) is 0 Å². The molecule has 2 heteroatoms. The monoisotopic (exact) mass is 196 g/mol. The smallest absolute Gasteiger partial charge is 0.0214 e. The van der Waals surface area contributed by atoms with E-state index < -0.39 is 0 Å². The van der Waals surface area contributed by atoms with Crippen molar-refractivity contribution in [2.45, 2.75) is 40.2 Å². The zero-order chi connectivity index (χ0) is 10.8. The van der Waals surface area contributed by atoms with Crippen molar-refractivity contribution in [3.05, 3.63) is 0 Å². The maximum Gasteiger partial charge on any atom is 0.0214 e. The van der Waals surface area contributed by atoms with Crippen LogP contribution in [0.25, 0.3) is 0 Å². The molecule has 0 spiro atoms. The second kappa shape index (κ2) is 9.05. The molecule has 0 aromatic carbocycles. The van der Waals surface area contributed by atoms with Crippen molar-refractivity contribution in [3.63, 3.8) is 0 Å². The average Bonchev–Trinajstić information content (AvgIpc) is 2.21. The van der Waals surface area contributed by atoms with E-state index in [9.17, 15) is 0 Å². The van der Waals surface area contributed by atoms with Crippen LogP contribution in [0.2, 0.25) is 0 Å². The standard InChI is InChI=1S/C12H24N2/c1-5-8-9-10-13-12(4)11-14(6-2)7-3/h12-13H,6-7,9-11H2,1-4H3. The summed E-state index contributed by atoms with van der Waals surface area (Å²) >= 11 is 0. The van der Waals surface area contributed by atoms with Gasteiger partial charge >= 0.3 is 0 Å². The lowest BCUT2D eigenvalue weighted by Gasteiger charge is -2.23. The number of hydrogen-bond acceptors (Lipinski definition) is 2. The predicted molar refractivity (Wildman–Crippen MR) is 63.3 cm³/mol. The van der Waals surface area contributed by atoms with E-state index in [4.69, 9.17) is 0 Å². The summed E-state index contributed by atoms with van der Waals surface area (Å²) < 4.78 is 0. The van der Waals surface area contributed by atoms with Crippen LogP contribution in [0.1, 0.15) is 34.1 Å². The fraction of sp³-hybridized carbons (Fsp3) is 0.833. The molecule has 0 fully saturated rings. The molecule has 0 rings (SSSR count). The molecular weight excluding hydrogens is 172 g/mol. The van der Waals surface area contributed by atoms with Gasteiger partial charge in [0.25, 0.3) is 0 Å². The molecular formula is C12H24N2. The highest BCUT2D eigenvalue weighted by atomic mass is 15.1. The van der Waals surface area contributed by atoms with Gasteiger partial charge in [-0.05, 0) is 26.9 Å². The summed E-state index contributed by atoms with van der Waals surface area (Å²) in [5.74, 6) is 5.96. The minimum atomic E-state index is 0.563. The summed E-state index contributed by atoms with van der Waals surface area (Å²) in [4.78, 5) is 2.43. The molecule has 0 radical (unpaired) electrons. The molecule has 82 valence electrons. The Morgan fingerprint density at radius 2 is 1.93 bits per heavy atom. The zero-order valence-electron chi connectivity index (χ0n) is 10.1. The number of rotatable bonds is 7. The fourth-order valence-corrected chi connectivity index (χ4v) is 1.44. The van der Waals surface area contributed by atoms with Crippen molar-refractivity contribution in [1.29, 1.82) is 0 Å². The second-order valence-corrected chi connectivity index (χ2v) is 3.52. The maximum atomic E-state index is 3.47. The molecule has 0 aliphatic carbocycles. The van der Waals surface area contributed by atoms with Gasteiger partial charge in [-0.15, -0.1) is 11.8 Å². The molecule has 0 bridgehead atoms. The van der Waals surface area contributed by atoms with Crippen molar-refractivity contribution in [3.8, 4) is 11.8 Å². The SMILES string of the molecule is CC#CCCNC(C)CN(CC)CC. The molecule has 0 aromatic rings. The molecule has 0 aliphatic heterocycles. The normalized spacial score (nSPS) is 12.4. The van der Waals surface area contributed by atoms with E-state index in [1.807, 2.05) is 6.92 Å². The first-order chi connectivity index (χ1) is 6.74. The summed E-state index contributed by atoms with van der Waals surface area (Å²) in [7, 11) is 0. The van der Waals surface area contributed by atoms with Gasteiger partial charge in [0.2, 0.25) is 0 Å². The minimum Gasteiger partial charge on any atom is -0.312 e. The Bertz CT molecular complexity index is 174. The van der Waals surface area contributed by atoms with Gasteiger partial charge in [0.05, 0.1) is 0 Å². The molecule has 1 atom stereocenters. The van der Waals surface area contributed by atoms with Gasteiger partial charge in [-0.1, -0.05) is 13.8 Å². The van der Waals surface area contributed by atoms with Crippen LogP contribution in [0.4, 0.5) is 0 Å². The second-order valence-electron chi connectivity index (χ2n) is 3.52. The summed E-state index contributed by atoms with van der Waals surface area (Å²) in [6.07, 6.45) is 0.957. The van der Waals surface area contributed by atoms with Gasteiger partial charge in [0.1, 0.15) is 0 Å². The molecule has 0 saturated carbocycles. The highest BCUT2D eigenvalue weighted by Crippen LogP contribution is 1.91. The first kappa shape index (κ1) is 13.5. The van der Waals surface area contributed by atoms with Crippen molar-refractivity contribution in [2.75, 3.05) is 26.2 Å². The summed E-state index contributed by atoms with van der Waals surface area (Å²) in [6, 6.07) is 0.563. The van der Waals surface area contributed by atoms with E-state index in [2.05, 4.69) is 42.8 Å². The predicted octanol–water partition coefficient (Wildman–Crippen LogP) is 1.72. The largest absolute Gasteiger partial charge is 0.312 e. The maximum absolute atomic E-state index is 3.47. The summed E-state index contributed by atoms with van der Waals surface area (Å²) in [5.41, 5.74) is 0. The van der Waals surface area contributed by atoms with E-state index in [1.165, 1.54) is 0 Å². The van der Waals surface area contributed by atoms with Crippen LogP contribution < -0.4 is 5.32 Å². The topological polar surface area (TPSA) is 15.3 Å². The third-order valence-electron chi connectivity index (χ3n) is 2.35. The van der Waals surface area contributed by atoms with Crippen molar-refractivity contribution < 1.29 is 0 Å². The van der Waals surface area contributed by atoms with E-state index in [-0.39, 0.29) is 0 Å².